The van der Waals surface area contributed by atoms with E-state index in [-0.39, 0.29) is 17.6 Å². The van der Waals surface area contributed by atoms with Crippen molar-refractivity contribution in [2.45, 2.75) is 69.5 Å². The molecule has 0 bridgehead atoms. The minimum absolute atomic E-state index is 0.000624. The molecule has 4 rings (SSSR count). The molecule has 2 amide bonds. The Morgan fingerprint density at radius 2 is 1.79 bits per heavy atom. The van der Waals surface area contributed by atoms with Crippen LogP contribution in [0.2, 0.25) is 0 Å². The SMILES string of the molecule is N=C(N)c1ccc(CNC(=O)C(CCC2CCNCC2)NC(=O)C(CCCn2cnnn2)NSCc2ccccc2)cc1. The summed E-state index contributed by atoms with van der Waals surface area (Å²) >= 11 is 1.48. The molecule has 2 unspecified atom stereocenters. The lowest BCUT2D eigenvalue weighted by Gasteiger charge is -2.26. The van der Waals surface area contributed by atoms with Gasteiger partial charge in [-0.3, -0.25) is 19.7 Å². The van der Waals surface area contributed by atoms with E-state index in [4.69, 9.17) is 11.1 Å². The van der Waals surface area contributed by atoms with Crippen molar-refractivity contribution in [3.05, 3.63) is 77.6 Å². The second-order valence-electron chi connectivity index (χ2n) is 10.8. The number of nitrogen functional groups attached to an aromatic ring is 1. The number of piperidine rings is 1. The summed E-state index contributed by atoms with van der Waals surface area (Å²) in [4.78, 5) is 27.1. The van der Waals surface area contributed by atoms with Crippen LogP contribution in [-0.4, -0.2) is 63.0 Å². The van der Waals surface area contributed by atoms with Gasteiger partial charge in [0.05, 0.1) is 6.04 Å². The lowest BCUT2D eigenvalue weighted by atomic mass is 9.91. The second-order valence-corrected chi connectivity index (χ2v) is 11.6. The number of amides is 2. The molecule has 13 heteroatoms. The number of carbonyl (C=O) groups is 2. The van der Waals surface area contributed by atoms with Crippen LogP contribution in [-0.2, 0) is 28.4 Å². The van der Waals surface area contributed by atoms with E-state index in [1.807, 2.05) is 30.3 Å². The summed E-state index contributed by atoms with van der Waals surface area (Å²) in [5.74, 6) is 0.828. The molecular formula is C30H42N10O2S. The fraction of sp³-hybridized carbons (Fsp3) is 0.467. The fourth-order valence-corrected chi connectivity index (χ4v) is 5.88. The topological polar surface area (TPSA) is 176 Å². The van der Waals surface area contributed by atoms with Crippen LogP contribution < -0.4 is 26.4 Å². The van der Waals surface area contributed by atoms with Crippen LogP contribution in [0.1, 0.15) is 55.2 Å². The number of hydrogen-bond acceptors (Lipinski definition) is 9. The van der Waals surface area contributed by atoms with Gasteiger partial charge in [-0.2, -0.15) is 0 Å². The largest absolute Gasteiger partial charge is 0.384 e. The predicted molar refractivity (Wildman–Crippen MR) is 168 cm³/mol. The van der Waals surface area contributed by atoms with Crippen molar-refractivity contribution in [3.63, 3.8) is 0 Å². The number of nitrogens with zero attached hydrogens (tertiary/aromatic N) is 4. The molecule has 1 saturated heterocycles. The van der Waals surface area contributed by atoms with Crippen LogP contribution in [0.4, 0.5) is 0 Å². The Hall–Kier alpha value is -3.81. The summed E-state index contributed by atoms with van der Waals surface area (Å²) in [7, 11) is 0. The molecule has 1 aliphatic rings. The van der Waals surface area contributed by atoms with E-state index < -0.39 is 12.1 Å². The van der Waals surface area contributed by atoms with Crippen LogP contribution in [0.3, 0.4) is 0 Å². The molecule has 2 aromatic carbocycles. The first kappa shape index (κ1) is 32.1. The number of carbonyl (C=O) groups excluding carboxylic acids is 2. The molecule has 2 atom stereocenters. The van der Waals surface area contributed by atoms with Gasteiger partial charge in [0.2, 0.25) is 11.8 Å². The van der Waals surface area contributed by atoms with Gasteiger partial charge in [0, 0.05) is 24.4 Å². The van der Waals surface area contributed by atoms with Crippen molar-refractivity contribution >= 4 is 29.6 Å². The monoisotopic (exact) mass is 606 g/mol. The van der Waals surface area contributed by atoms with E-state index in [1.54, 1.807) is 23.1 Å². The predicted octanol–water partition coefficient (Wildman–Crippen LogP) is 2.12. The Morgan fingerprint density at radius 3 is 2.49 bits per heavy atom. The highest BCUT2D eigenvalue weighted by atomic mass is 32.2. The number of benzene rings is 2. The molecule has 1 aromatic heterocycles. The molecule has 2 heterocycles. The smallest absolute Gasteiger partial charge is 0.242 e. The number of nitrogens with one attached hydrogen (secondary N) is 5. The van der Waals surface area contributed by atoms with E-state index in [0.29, 0.717) is 49.6 Å². The van der Waals surface area contributed by atoms with E-state index in [9.17, 15) is 9.59 Å². The minimum atomic E-state index is -0.651. The summed E-state index contributed by atoms with van der Waals surface area (Å²) in [6.45, 7) is 2.87. The zero-order valence-corrected chi connectivity index (χ0v) is 25.2. The normalized spacial score (nSPS) is 15.0. The number of aryl methyl sites for hydroxylation is 1. The van der Waals surface area contributed by atoms with Crippen molar-refractivity contribution < 1.29 is 9.59 Å². The summed E-state index contributed by atoms with van der Waals surface area (Å²) in [6, 6.07) is 16.1. The van der Waals surface area contributed by atoms with Crippen LogP contribution in [0.15, 0.2) is 60.9 Å². The van der Waals surface area contributed by atoms with E-state index >= 15 is 0 Å². The Kier molecular flexibility index (Phi) is 12.9. The van der Waals surface area contributed by atoms with Crippen LogP contribution in [0.25, 0.3) is 0 Å². The summed E-state index contributed by atoms with van der Waals surface area (Å²) < 4.78 is 4.99. The standard InChI is InChI=1S/C30H42N10O2S/c31-28(32)25-11-8-23(9-12-25)19-34-29(41)26(13-10-22-14-16-33-17-15-22)36-30(42)27(7-4-18-40-21-35-38-39-40)37-43-20-24-5-2-1-3-6-24/h1-3,5-6,8-9,11-12,21-22,26-27,33,37H,4,7,10,13-20H2,(H3,31,32)(H,34,41)(H,36,42). The van der Waals surface area contributed by atoms with E-state index in [1.165, 1.54) is 11.9 Å². The highest BCUT2D eigenvalue weighted by Crippen LogP contribution is 2.19. The molecule has 0 aliphatic carbocycles. The van der Waals surface area contributed by atoms with Crippen LogP contribution in [0, 0.1) is 11.3 Å². The van der Waals surface area contributed by atoms with Crippen molar-refractivity contribution in [2.24, 2.45) is 11.7 Å². The summed E-state index contributed by atoms with van der Waals surface area (Å²) in [6.07, 6.45) is 6.38. The number of nitrogens with two attached hydrogens (primary N) is 1. The number of rotatable bonds is 17. The van der Waals surface area contributed by atoms with Crippen molar-refractivity contribution in [1.82, 2.24) is 40.9 Å². The molecule has 0 spiro atoms. The van der Waals surface area contributed by atoms with Gasteiger partial charge >= 0.3 is 0 Å². The molecule has 12 nitrogen and oxygen atoms in total. The zero-order valence-electron chi connectivity index (χ0n) is 24.4. The van der Waals surface area contributed by atoms with Gasteiger partial charge in [-0.1, -0.05) is 66.5 Å². The van der Waals surface area contributed by atoms with Gasteiger partial charge in [-0.25, -0.2) is 4.68 Å². The second kappa shape index (κ2) is 17.3. The third kappa shape index (κ3) is 11.1. The fourth-order valence-electron chi connectivity index (χ4n) is 5.01. The molecule has 1 fully saturated rings. The quantitative estimate of drug-likeness (QED) is 0.0764. The number of hydrogen-bond donors (Lipinski definition) is 6. The van der Waals surface area contributed by atoms with Gasteiger partial charge < -0.3 is 21.7 Å². The Bertz CT molecular complexity index is 1270. The minimum Gasteiger partial charge on any atom is -0.384 e. The summed E-state index contributed by atoms with van der Waals surface area (Å²) in [5.41, 5.74) is 8.24. The molecule has 0 radical (unpaired) electrons. The van der Waals surface area contributed by atoms with Gasteiger partial charge in [0.15, 0.2) is 0 Å². The molecule has 230 valence electrons. The average Bonchev–Trinajstić information content (AvgIpc) is 3.56. The first-order valence-electron chi connectivity index (χ1n) is 14.8. The first-order chi connectivity index (χ1) is 21.0. The zero-order chi connectivity index (χ0) is 30.3. The maximum absolute atomic E-state index is 13.7. The Labute approximate surface area is 257 Å². The molecular weight excluding hydrogens is 564 g/mol. The van der Waals surface area contributed by atoms with Gasteiger partial charge in [0.25, 0.3) is 0 Å². The highest BCUT2D eigenvalue weighted by Gasteiger charge is 2.27. The molecule has 1 aliphatic heterocycles. The lowest BCUT2D eigenvalue weighted by Crippen LogP contribution is -2.52. The Balaban J connectivity index is 1.38. The molecule has 7 N–H and O–H groups in total. The molecule has 43 heavy (non-hydrogen) atoms. The van der Waals surface area contributed by atoms with Crippen molar-refractivity contribution in [2.75, 3.05) is 13.1 Å². The number of aromatic nitrogens is 4. The highest BCUT2D eigenvalue weighted by molar-refractivity contribution is 7.96. The van der Waals surface area contributed by atoms with Crippen molar-refractivity contribution in [1.29, 1.82) is 5.41 Å². The lowest BCUT2D eigenvalue weighted by molar-refractivity contribution is -0.130. The Morgan fingerprint density at radius 1 is 1.02 bits per heavy atom. The summed E-state index contributed by atoms with van der Waals surface area (Å²) in [5, 5.41) is 28.3. The average molecular weight is 607 g/mol. The van der Waals surface area contributed by atoms with Crippen LogP contribution in [0.5, 0.6) is 0 Å². The van der Waals surface area contributed by atoms with Gasteiger partial charge in [-0.05, 0) is 79.1 Å². The third-order valence-corrected chi connectivity index (χ3v) is 8.51. The third-order valence-electron chi connectivity index (χ3n) is 7.58. The molecule has 3 aromatic rings. The van der Waals surface area contributed by atoms with E-state index in [2.05, 4.69) is 48.3 Å². The maximum Gasteiger partial charge on any atom is 0.242 e. The first-order valence-corrected chi connectivity index (χ1v) is 15.8. The van der Waals surface area contributed by atoms with Crippen LogP contribution >= 0.6 is 11.9 Å². The van der Waals surface area contributed by atoms with Gasteiger partial charge in [-0.15, -0.1) is 5.10 Å². The molecule has 0 saturated carbocycles. The van der Waals surface area contributed by atoms with Gasteiger partial charge in [0.1, 0.15) is 18.2 Å². The number of tetrazole rings is 1. The van der Waals surface area contributed by atoms with Crippen molar-refractivity contribution in [3.8, 4) is 0 Å². The van der Waals surface area contributed by atoms with E-state index in [0.717, 1.165) is 43.5 Å². The number of amidine groups is 1. The maximum atomic E-state index is 13.7.